The van der Waals surface area contributed by atoms with Gasteiger partial charge < -0.3 is 9.88 Å². The lowest BCUT2D eigenvalue weighted by atomic mass is 9.95. The van der Waals surface area contributed by atoms with E-state index in [4.69, 9.17) is 0 Å². The first-order valence-electron chi connectivity index (χ1n) is 11.1. The van der Waals surface area contributed by atoms with Gasteiger partial charge in [0.15, 0.2) is 10.9 Å². The van der Waals surface area contributed by atoms with Crippen molar-refractivity contribution in [3.05, 3.63) is 71.5 Å². The highest BCUT2D eigenvalue weighted by molar-refractivity contribution is 8.00. The van der Waals surface area contributed by atoms with Crippen LogP contribution >= 0.6 is 11.8 Å². The van der Waals surface area contributed by atoms with Crippen LogP contribution in [0.5, 0.6) is 0 Å². The molecule has 0 bridgehead atoms. The largest absolute Gasteiger partial charge is 0.325 e. The third-order valence-electron chi connectivity index (χ3n) is 5.88. The predicted octanol–water partition coefficient (Wildman–Crippen LogP) is 5.77. The summed E-state index contributed by atoms with van der Waals surface area (Å²) in [4.78, 5) is 25.2. The first-order chi connectivity index (χ1) is 15.5. The van der Waals surface area contributed by atoms with E-state index in [1.54, 1.807) is 24.3 Å². The van der Waals surface area contributed by atoms with Gasteiger partial charge in [0, 0.05) is 17.3 Å². The molecular weight excluding hydrogens is 420 g/mol. The second-order valence-corrected chi connectivity index (χ2v) is 9.30. The van der Waals surface area contributed by atoms with Gasteiger partial charge in [0.05, 0.1) is 0 Å². The van der Waals surface area contributed by atoms with E-state index in [9.17, 15) is 9.59 Å². The third-order valence-corrected chi connectivity index (χ3v) is 7.09. The van der Waals surface area contributed by atoms with E-state index >= 15 is 0 Å². The van der Waals surface area contributed by atoms with E-state index < -0.39 is 5.25 Å². The van der Waals surface area contributed by atoms with E-state index in [1.165, 1.54) is 37.9 Å². The molecular formula is C25H28N4O2S. The minimum absolute atomic E-state index is 0.0360. The number of hydrogen-bond donors (Lipinski definition) is 1. The van der Waals surface area contributed by atoms with Crippen molar-refractivity contribution in [2.75, 3.05) is 5.32 Å². The average molecular weight is 449 g/mol. The summed E-state index contributed by atoms with van der Waals surface area (Å²) in [6.45, 7) is 3.50. The Hall–Kier alpha value is -2.93. The predicted molar refractivity (Wildman–Crippen MR) is 127 cm³/mol. The highest BCUT2D eigenvalue weighted by Gasteiger charge is 2.28. The monoisotopic (exact) mass is 448 g/mol. The zero-order valence-electron chi connectivity index (χ0n) is 18.5. The number of benzene rings is 2. The van der Waals surface area contributed by atoms with Gasteiger partial charge in [0.25, 0.3) is 0 Å². The van der Waals surface area contributed by atoms with Crippen molar-refractivity contribution in [1.82, 2.24) is 14.8 Å². The maximum atomic E-state index is 13.4. The molecule has 1 saturated carbocycles. The summed E-state index contributed by atoms with van der Waals surface area (Å²) >= 11 is 1.43. The minimum Gasteiger partial charge on any atom is -0.325 e. The van der Waals surface area contributed by atoms with E-state index in [0.717, 1.165) is 29.4 Å². The molecule has 0 aliphatic heterocycles. The number of aryl methyl sites for hydroxylation is 1. The molecule has 166 valence electrons. The number of hydrogen-bond acceptors (Lipinski definition) is 5. The molecule has 4 rings (SSSR count). The fraction of sp³-hybridized carbons (Fsp3) is 0.360. The quantitative estimate of drug-likeness (QED) is 0.367. The molecule has 32 heavy (non-hydrogen) atoms. The molecule has 0 radical (unpaired) electrons. The first-order valence-corrected chi connectivity index (χ1v) is 12.0. The van der Waals surface area contributed by atoms with Crippen molar-refractivity contribution >= 4 is 29.1 Å². The van der Waals surface area contributed by atoms with Gasteiger partial charge in [-0.3, -0.25) is 9.59 Å². The van der Waals surface area contributed by atoms with Crippen molar-refractivity contribution in [3.63, 3.8) is 0 Å². The Balaban J connectivity index is 1.62. The molecule has 0 saturated heterocycles. The van der Waals surface area contributed by atoms with Crippen LogP contribution in [0.25, 0.3) is 0 Å². The molecule has 3 aromatic rings. The zero-order chi connectivity index (χ0) is 22.5. The number of aromatic nitrogens is 3. The summed E-state index contributed by atoms with van der Waals surface area (Å²) in [5.74, 6) is 0.699. The maximum absolute atomic E-state index is 13.4. The summed E-state index contributed by atoms with van der Waals surface area (Å²) in [7, 11) is 0. The molecule has 1 aliphatic carbocycles. The lowest BCUT2D eigenvalue weighted by Crippen LogP contribution is -2.21. The Bertz CT molecular complexity index is 1090. The highest BCUT2D eigenvalue weighted by Crippen LogP contribution is 2.39. The van der Waals surface area contributed by atoms with Crippen LogP contribution in [0.2, 0.25) is 0 Å². The van der Waals surface area contributed by atoms with E-state index in [2.05, 4.69) is 20.1 Å². The normalized spacial score (nSPS) is 15.3. The van der Waals surface area contributed by atoms with Crippen molar-refractivity contribution in [2.24, 2.45) is 0 Å². The standard InChI is InChI=1S/C25H28N4O2S/c1-17(30)20-12-9-13-21(16-20)26-24(31)23(19-10-5-3-6-11-19)32-25-28-27-18(2)29(25)22-14-7-4-8-15-22/h3,5-6,9-13,16,22-23H,4,7-8,14-15H2,1-2H3,(H,26,31). The lowest BCUT2D eigenvalue weighted by Gasteiger charge is -2.26. The Morgan fingerprint density at radius 3 is 2.50 bits per heavy atom. The average Bonchev–Trinajstić information content (AvgIpc) is 3.18. The zero-order valence-corrected chi connectivity index (χ0v) is 19.3. The number of rotatable bonds is 7. The van der Waals surface area contributed by atoms with E-state index in [1.807, 2.05) is 37.3 Å². The number of nitrogens with zero attached hydrogens (tertiary/aromatic N) is 3. The van der Waals surface area contributed by atoms with Gasteiger partial charge in [0.2, 0.25) is 5.91 Å². The minimum atomic E-state index is -0.497. The van der Waals surface area contributed by atoms with Crippen LogP contribution in [-0.2, 0) is 4.79 Å². The van der Waals surface area contributed by atoms with Crippen molar-refractivity contribution < 1.29 is 9.59 Å². The Kier molecular flexibility index (Phi) is 7.05. The Labute approximate surface area is 192 Å². The molecule has 6 nitrogen and oxygen atoms in total. The molecule has 1 N–H and O–H groups in total. The number of nitrogens with one attached hydrogen (secondary N) is 1. The molecule has 2 aromatic carbocycles. The number of ketones is 1. The highest BCUT2D eigenvalue weighted by atomic mass is 32.2. The molecule has 7 heteroatoms. The van der Waals surface area contributed by atoms with Crippen molar-refractivity contribution in [3.8, 4) is 0 Å². The molecule has 0 spiro atoms. The molecule has 1 unspecified atom stereocenters. The second kappa shape index (κ2) is 10.1. The molecule has 1 aromatic heterocycles. The second-order valence-electron chi connectivity index (χ2n) is 8.23. The van der Waals surface area contributed by atoms with Crippen molar-refractivity contribution in [2.45, 2.75) is 62.4 Å². The van der Waals surface area contributed by atoms with Gasteiger partial charge >= 0.3 is 0 Å². The number of Topliss-reactive ketones (excluding diaryl/α,β-unsaturated/α-hetero) is 1. The smallest absolute Gasteiger partial charge is 0.242 e. The molecule has 1 amide bonds. The van der Waals surface area contributed by atoms with Crippen LogP contribution in [-0.4, -0.2) is 26.5 Å². The van der Waals surface area contributed by atoms with Gasteiger partial charge in [-0.2, -0.15) is 0 Å². The Morgan fingerprint density at radius 1 is 1.03 bits per heavy atom. The van der Waals surface area contributed by atoms with Crippen LogP contribution in [0, 0.1) is 6.92 Å². The topological polar surface area (TPSA) is 76.9 Å². The summed E-state index contributed by atoms with van der Waals surface area (Å²) in [6, 6.07) is 17.1. The van der Waals surface area contributed by atoms with Crippen LogP contribution in [0.3, 0.4) is 0 Å². The molecule has 1 fully saturated rings. The summed E-state index contributed by atoms with van der Waals surface area (Å²) in [5, 5.41) is 12.0. The van der Waals surface area contributed by atoms with E-state index in [0.29, 0.717) is 17.3 Å². The maximum Gasteiger partial charge on any atom is 0.242 e. The SMILES string of the molecule is CC(=O)c1cccc(NC(=O)C(Sc2nnc(C)n2C2CCCCC2)c2ccccc2)c1. The Morgan fingerprint density at radius 2 is 1.78 bits per heavy atom. The number of amides is 1. The van der Waals surface area contributed by atoms with E-state index in [-0.39, 0.29) is 11.7 Å². The number of carbonyl (C=O) groups is 2. The van der Waals surface area contributed by atoms with Crippen LogP contribution in [0.4, 0.5) is 5.69 Å². The fourth-order valence-electron chi connectivity index (χ4n) is 4.22. The molecule has 1 aliphatic rings. The first kappa shape index (κ1) is 22.3. The van der Waals surface area contributed by atoms with Crippen molar-refractivity contribution in [1.29, 1.82) is 0 Å². The third kappa shape index (κ3) is 5.10. The number of carbonyl (C=O) groups excluding carboxylic acids is 2. The summed E-state index contributed by atoms with van der Waals surface area (Å²) in [5.41, 5.74) is 2.07. The van der Waals surface area contributed by atoms with Gasteiger partial charge in [-0.25, -0.2) is 0 Å². The van der Waals surface area contributed by atoms with Crippen LogP contribution in [0.1, 0.15) is 72.1 Å². The molecule has 1 heterocycles. The fourth-order valence-corrected chi connectivity index (χ4v) is 5.37. The van der Waals surface area contributed by atoms with Crippen LogP contribution in [0.15, 0.2) is 59.8 Å². The summed E-state index contributed by atoms with van der Waals surface area (Å²) < 4.78 is 2.21. The number of thioether (sulfide) groups is 1. The molecule has 1 atom stereocenters. The summed E-state index contributed by atoms with van der Waals surface area (Å²) in [6.07, 6.45) is 5.93. The lowest BCUT2D eigenvalue weighted by molar-refractivity contribution is -0.115. The van der Waals surface area contributed by atoms with Gasteiger partial charge in [0.1, 0.15) is 11.1 Å². The van der Waals surface area contributed by atoms with Crippen LogP contribution < -0.4 is 5.32 Å². The number of anilines is 1. The van der Waals surface area contributed by atoms with Gasteiger partial charge in [-0.1, -0.05) is 73.5 Å². The van der Waals surface area contributed by atoms with Gasteiger partial charge in [-0.15, -0.1) is 10.2 Å². The van der Waals surface area contributed by atoms with Gasteiger partial charge in [-0.05, 0) is 44.4 Å².